The number of rotatable bonds is 9. The van der Waals surface area contributed by atoms with E-state index < -0.39 is 0 Å². The topological polar surface area (TPSA) is 75.9 Å². The van der Waals surface area contributed by atoms with Gasteiger partial charge in [-0.3, -0.25) is 14.5 Å². The first kappa shape index (κ1) is 24.3. The SMILES string of the molecule is CCOC(=O)[C@H]1CCCN(C(=O)c2coc(CN(Cc3cccc(Cl)c3)[C@@H](C)CC)n2)C1. The van der Waals surface area contributed by atoms with Gasteiger partial charge in [0.2, 0.25) is 5.89 Å². The van der Waals surface area contributed by atoms with Crippen molar-refractivity contribution < 1.29 is 18.7 Å². The number of halogens is 1. The monoisotopic (exact) mass is 461 g/mol. The number of likely N-dealkylation sites (tertiary alicyclic amines) is 1. The van der Waals surface area contributed by atoms with Crippen LogP contribution >= 0.6 is 11.6 Å². The fourth-order valence-corrected chi connectivity index (χ4v) is 4.14. The van der Waals surface area contributed by atoms with Crippen molar-refractivity contribution in [3.63, 3.8) is 0 Å². The average Bonchev–Trinajstić information content (AvgIpc) is 3.26. The smallest absolute Gasteiger partial charge is 0.310 e. The van der Waals surface area contributed by atoms with Gasteiger partial charge in [-0.1, -0.05) is 30.7 Å². The maximum atomic E-state index is 13.0. The molecular formula is C24H32ClN3O4. The molecule has 7 nitrogen and oxygen atoms in total. The second-order valence-electron chi connectivity index (χ2n) is 8.26. The fraction of sp³-hybridized carbons (Fsp3) is 0.542. The van der Waals surface area contributed by atoms with Gasteiger partial charge in [0.25, 0.3) is 5.91 Å². The molecule has 2 aromatic rings. The summed E-state index contributed by atoms with van der Waals surface area (Å²) in [5.74, 6) is -0.234. The molecule has 0 spiro atoms. The first-order chi connectivity index (χ1) is 15.4. The summed E-state index contributed by atoms with van der Waals surface area (Å²) in [6.07, 6.45) is 3.89. The minimum atomic E-state index is -0.280. The van der Waals surface area contributed by atoms with E-state index in [1.54, 1.807) is 11.8 Å². The zero-order chi connectivity index (χ0) is 23.1. The van der Waals surface area contributed by atoms with Gasteiger partial charge in [-0.25, -0.2) is 4.98 Å². The summed E-state index contributed by atoms with van der Waals surface area (Å²) in [5.41, 5.74) is 1.38. The van der Waals surface area contributed by atoms with E-state index in [0.717, 1.165) is 24.8 Å². The highest BCUT2D eigenvalue weighted by Gasteiger charge is 2.31. The van der Waals surface area contributed by atoms with Gasteiger partial charge in [0.1, 0.15) is 6.26 Å². The van der Waals surface area contributed by atoms with Gasteiger partial charge in [-0.05, 0) is 50.8 Å². The van der Waals surface area contributed by atoms with E-state index in [1.807, 2.05) is 24.3 Å². The Morgan fingerprint density at radius 3 is 2.88 bits per heavy atom. The third-order valence-electron chi connectivity index (χ3n) is 5.93. The predicted molar refractivity (Wildman–Crippen MR) is 122 cm³/mol. The molecule has 0 bridgehead atoms. The van der Waals surface area contributed by atoms with Crippen LogP contribution in [-0.2, 0) is 22.6 Å². The third-order valence-corrected chi connectivity index (χ3v) is 6.16. The maximum Gasteiger partial charge on any atom is 0.310 e. The van der Waals surface area contributed by atoms with E-state index in [-0.39, 0.29) is 23.5 Å². The van der Waals surface area contributed by atoms with Crippen LogP contribution in [0.3, 0.4) is 0 Å². The van der Waals surface area contributed by atoms with Crippen LogP contribution in [-0.4, -0.2) is 52.4 Å². The van der Waals surface area contributed by atoms with Crippen molar-refractivity contribution in [1.82, 2.24) is 14.8 Å². The summed E-state index contributed by atoms with van der Waals surface area (Å²) in [7, 11) is 0. The number of hydrogen-bond donors (Lipinski definition) is 0. The number of oxazole rings is 1. The van der Waals surface area contributed by atoms with Crippen molar-refractivity contribution in [2.45, 2.75) is 59.2 Å². The number of piperidine rings is 1. The molecule has 1 aliphatic rings. The number of hydrogen-bond acceptors (Lipinski definition) is 6. The fourth-order valence-electron chi connectivity index (χ4n) is 3.93. The Kier molecular flexibility index (Phi) is 8.70. The quantitative estimate of drug-likeness (QED) is 0.510. The molecule has 8 heteroatoms. The Morgan fingerprint density at radius 2 is 2.16 bits per heavy atom. The lowest BCUT2D eigenvalue weighted by molar-refractivity contribution is -0.149. The van der Waals surface area contributed by atoms with Crippen LogP contribution in [0.15, 0.2) is 34.9 Å². The number of benzene rings is 1. The van der Waals surface area contributed by atoms with Crippen LogP contribution in [0.1, 0.15) is 62.0 Å². The molecule has 1 aromatic carbocycles. The number of esters is 1. The van der Waals surface area contributed by atoms with Gasteiger partial charge >= 0.3 is 5.97 Å². The zero-order valence-electron chi connectivity index (χ0n) is 19.1. The van der Waals surface area contributed by atoms with E-state index in [0.29, 0.717) is 49.7 Å². The molecule has 0 unspecified atom stereocenters. The Labute approximate surface area is 194 Å². The van der Waals surface area contributed by atoms with Crippen LogP contribution in [0.5, 0.6) is 0 Å². The van der Waals surface area contributed by atoms with Crippen molar-refractivity contribution in [3.8, 4) is 0 Å². The van der Waals surface area contributed by atoms with Crippen LogP contribution in [0, 0.1) is 5.92 Å². The molecule has 1 fully saturated rings. The summed E-state index contributed by atoms with van der Waals surface area (Å²) in [5, 5.41) is 0.707. The highest BCUT2D eigenvalue weighted by molar-refractivity contribution is 6.30. The summed E-state index contributed by atoms with van der Waals surface area (Å²) >= 11 is 6.14. The van der Waals surface area contributed by atoms with E-state index >= 15 is 0 Å². The summed E-state index contributed by atoms with van der Waals surface area (Å²) in [6, 6.07) is 8.10. The lowest BCUT2D eigenvalue weighted by atomic mass is 9.98. The number of ether oxygens (including phenoxy) is 1. The zero-order valence-corrected chi connectivity index (χ0v) is 19.8. The van der Waals surface area contributed by atoms with Gasteiger partial charge < -0.3 is 14.1 Å². The summed E-state index contributed by atoms with van der Waals surface area (Å²) < 4.78 is 10.8. The Balaban J connectivity index is 1.66. The van der Waals surface area contributed by atoms with Crippen molar-refractivity contribution in [2.75, 3.05) is 19.7 Å². The highest BCUT2D eigenvalue weighted by Crippen LogP contribution is 2.21. The van der Waals surface area contributed by atoms with E-state index in [9.17, 15) is 9.59 Å². The number of aromatic nitrogens is 1. The van der Waals surface area contributed by atoms with Crippen molar-refractivity contribution in [1.29, 1.82) is 0 Å². The third kappa shape index (κ3) is 6.33. The Morgan fingerprint density at radius 1 is 1.34 bits per heavy atom. The number of nitrogens with zero attached hydrogens (tertiary/aromatic N) is 3. The molecule has 32 heavy (non-hydrogen) atoms. The molecule has 1 saturated heterocycles. The molecule has 2 heterocycles. The standard InChI is InChI=1S/C24H32ClN3O4/c1-4-17(3)28(13-18-8-6-10-20(25)12-18)15-22-26-21(16-32-22)23(29)27-11-7-9-19(14-27)24(30)31-5-2/h6,8,10,12,16-17,19H,4-5,7,9,11,13-15H2,1-3H3/t17-,19-/m0/s1. The predicted octanol–water partition coefficient (Wildman–Crippen LogP) is 4.54. The Bertz CT molecular complexity index is 916. The molecule has 0 saturated carbocycles. The first-order valence-electron chi connectivity index (χ1n) is 11.3. The number of amides is 1. The molecule has 2 atom stereocenters. The first-order valence-corrected chi connectivity index (χ1v) is 11.7. The van der Waals surface area contributed by atoms with Crippen molar-refractivity contribution in [2.24, 2.45) is 5.92 Å². The molecule has 0 aliphatic carbocycles. The number of carbonyl (C=O) groups excluding carboxylic acids is 2. The summed E-state index contributed by atoms with van der Waals surface area (Å²) in [6.45, 7) is 8.57. The Hall–Kier alpha value is -2.38. The van der Waals surface area contributed by atoms with Crippen LogP contribution < -0.4 is 0 Å². The minimum Gasteiger partial charge on any atom is -0.466 e. The highest BCUT2D eigenvalue weighted by atomic mass is 35.5. The molecule has 1 aliphatic heterocycles. The average molecular weight is 462 g/mol. The lowest BCUT2D eigenvalue weighted by Gasteiger charge is -2.30. The van der Waals surface area contributed by atoms with E-state index in [2.05, 4.69) is 23.7 Å². The van der Waals surface area contributed by atoms with E-state index in [4.69, 9.17) is 20.8 Å². The largest absolute Gasteiger partial charge is 0.466 e. The van der Waals surface area contributed by atoms with Crippen LogP contribution in [0.2, 0.25) is 5.02 Å². The molecule has 1 amide bonds. The van der Waals surface area contributed by atoms with Gasteiger partial charge in [0.15, 0.2) is 5.69 Å². The normalized spacial score (nSPS) is 17.4. The molecule has 0 N–H and O–H groups in total. The van der Waals surface area contributed by atoms with Crippen molar-refractivity contribution >= 4 is 23.5 Å². The maximum absolute atomic E-state index is 13.0. The van der Waals surface area contributed by atoms with Gasteiger partial charge in [-0.2, -0.15) is 0 Å². The van der Waals surface area contributed by atoms with Gasteiger partial charge in [0, 0.05) is 30.7 Å². The minimum absolute atomic E-state index is 0.209. The van der Waals surface area contributed by atoms with Crippen LogP contribution in [0.4, 0.5) is 0 Å². The van der Waals surface area contributed by atoms with Gasteiger partial charge in [0.05, 0.1) is 19.1 Å². The number of carbonyl (C=O) groups is 2. The van der Waals surface area contributed by atoms with Crippen LogP contribution in [0.25, 0.3) is 0 Å². The van der Waals surface area contributed by atoms with E-state index in [1.165, 1.54) is 6.26 Å². The molecular weight excluding hydrogens is 430 g/mol. The molecule has 0 radical (unpaired) electrons. The van der Waals surface area contributed by atoms with Gasteiger partial charge in [-0.15, -0.1) is 0 Å². The molecule has 174 valence electrons. The molecule has 3 rings (SSSR count). The summed E-state index contributed by atoms with van der Waals surface area (Å²) in [4.78, 5) is 33.4. The lowest BCUT2D eigenvalue weighted by Crippen LogP contribution is -2.43. The second kappa shape index (κ2) is 11.5. The molecule has 1 aromatic heterocycles. The van der Waals surface area contributed by atoms with Crippen molar-refractivity contribution in [3.05, 3.63) is 52.7 Å². The second-order valence-corrected chi connectivity index (χ2v) is 8.70.